The van der Waals surface area contributed by atoms with Crippen molar-refractivity contribution in [1.82, 2.24) is 9.71 Å². The van der Waals surface area contributed by atoms with Crippen molar-refractivity contribution < 1.29 is 13.2 Å². The predicted molar refractivity (Wildman–Crippen MR) is 63.4 cm³/mol. The van der Waals surface area contributed by atoms with E-state index in [1.54, 1.807) is 0 Å². The molecular formula is C10H13ClN2O3S. The smallest absolute Gasteiger partial charge is 0.242 e. The van der Waals surface area contributed by atoms with Crippen molar-refractivity contribution in [2.24, 2.45) is 0 Å². The molecule has 0 aliphatic carbocycles. The molecule has 0 unspecified atom stereocenters. The SMILES string of the molecule is O=S(=O)(NC[C@@H]1CCCO1)c1ccc(Cl)nc1. The fraction of sp³-hybridized carbons (Fsp3) is 0.500. The maximum atomic E-state index is 11.9. The number of sulfonamides is 1. The maximum Gasteiger partial charge on any atom is 0.242 e. The summed E-state index contributed by atoms with van der Waals surface area (Å²) < 4.78 is 31.5. The van der Waals surface area contributed by atoms with Gasteiger partial charge in [-0.25, -0.2) is 18.1 Å². The molecule has 1 aliphatic heterocycles. The molecule has 2 heterocycles. The Morgan fingerprint density at radius 2 is 2.35 bits per heavy atom. The topological polar surface area (TPSA) is 68.3 Å². The van der Waals surface area contributed by atoms with Gasteiger partial charge in [0.1, 0.15) is 10.0 Å². The van der Waals surface area contributed by atoms with E-state index in [1.165, 1.54) is 18.3 Å². The van der Waals surface area contributed by atoms with Gasteiger partial charge in [-0.3, -0.25) is 0 Å². The maximum absolute atomic E-state index is 11.9. The van der Waals surface area contributed by atoms with Crippen LogP contribution >= 0.6 is 11.6 Å². The lowest BCUT2D eigenvalue weighted by molar-refractivity contribution is 0.114. The monoisotopic (exact) mass is 276 g/mol. The van der Waals surface area contributed by atoms with Gasteiger partial charge in [0.25, 0.3) is 0 Å². The number of hydrogen-bond acceptors (Lipinski definition) is 4. The Kier molecular flexibility index (Phi) is 3.98. The van der Waals surface area contributed by atoms with Gasteiger partial charge < -0.3 is 4.74 Å². The minimum Gasteiger partial charge on any atom is -0.377 e. The average Bonchev–Trinajstić information content (AvgIpc) is 2.80. The first-order valence-corrected chi connectivity index (χ1v) is 7.17. The molecule has 0 bridgehead atoms. The number of nitrogens with zero attached hydrogens (tertiary/aromatic N) is 1. The van der Waals surface area contributed by atoms with E-state index >= 15 is 0 Å². The molecule has 94 valence electrons. The second-order valence-corrected chi connectivity index (χ2v) is 5.96. The lowest BCUT2D eigenvalue weighted by atomic mass is 10.2. The molecule has 1 aliphatic rings. The number of rotatable bonds is 4. The third kappa shape index (κ3) is 3.38. The Hall–Kier alpha value is -0.690. The molecule has 2 rings (SSSR count). The molecule has 1 fully saturated rings. The molecule has 1 saturated heterocycles. The van der Waals surface area contributed by atoms with Gasteiger partial charge in [-0.1, -0.05) is 11.6 Å². The Labute approximate surface area is 105 Å². The number of ether oxygens (including phenoxy) is 1. The van der Waals surface area contributed by atoms with Gasteiger partial charge in [0, 0.05) is 19.3 Å². The highest BCUT2D eigenvalue weighted by Gasteiger charge is 2.20. The van der Waals surface area contributed by atoms with Crippen molar-refractivity contribution in [3.63, 3.8) is 0 Å². The van der Waals surface area contributed by atoms with Crippen LogP contribution in [0.4, 0.5) is 0 Å². The Morgan fingerprint density at radius 1 is 1.53 bits per heavy atom. The molecule has 5 nitrogen and oxygen atoms in total. The molecule has 1 atom stereocenters. The minimum absolute atomic E-state index is 0.0231. The van der Waals surface area contributed by atoms with Crippen LogP contribution in [0.1, 0.15) is 12.8 Å². The van der Waals surface area contributed by atoms with E-state index in [4.69, 9.17) is 16.3 Å². The van der Waals surface area contributed by atoms with E-state index in [0.717, 1.165) is 12.8 Å². The Balaban J connectivity index is 2.00. The summed E-state index contributed by atoms with van der Waals surface area (Å²) in [7, 11) is -3.52. The van der Waals surface area contributed by atoms with Gasteiger partial charge >= 0.3 is 0 Å². The van der Waals surface area contributed by atoms with E-state index < -0.39 is 10.0 Å². The van der Waals surface area contributed by atoms with Gasteiger partial charge in [-0.05, 0) is 25.0 Å². The molecular weight excluding hydrogens is 264 g/mol. The van der Waals surface area contributed by atoms with Crippen LogP contribution in [0.3, 0.4) is 0 Å². The van der Waals surface area contributed by atoms with Crippen molar-refractivity contribution in [2.75, 3.05) is 13.2 Å². The number of pyridine rings is 1. The van der Waals surface area contributed by atoms with Crippen LogP contribution in [-0.2, 0) is 14.8 Å². The van der Waals surface area contributed by atoms with Gasteiger partial charge in [0.2, 0.25) is 10.0 Å². The van der Waals surface area contributed by atoms with Gasteiger partial charge in [0.15, 0.2) is 0 Å². The number of hydrogen-bond donors (Lipinski definition) is 1. The van der Waals surface area contributed by atoms with Crippen molar-refractivity contribution >= 4 is 21.6 Å². The van der Waals surface area contributed by atoms with Crippen molar-refractivity contribution in [2.45, 2.75) is 23.8 Å². The van der Waals surface area contributed by atoms with Crippen LogP contribution in [0, 0.1) is 0 Å². The van der Waals surface area contributed by atoms with Gasteiger partial charge in [-0.15, -0.1) is 0 Å². The molecule has 1 aromatic rings. The van der Waals surface area contributed by atoms with Crippen molar-refractivity contribution in [3.8, 4) is 0 Å². The number of halogens is 1. The fourth-order valence-corrected chi connectivity index (χ4v) is 2.73. The second kappa shape index (κ2) is 5.30. The highest BCUT2D eigenvalue weighted by molar-refractivity contribution is 7.89. The predicted octanol–water partition coefficient (Wildman–Crippen LogP) is 1.19. The summed E-state index contributed by atoms with van der Waals surface area (Å²) in [5, 5.41) is 0.267. The van der Waals surface area contributed by atoms with Gasteiger partial charge in [0.05, 0.1) is 6.10 Å². The zero-order chi connectivity index (χ0) is 12.3. The lowest BCUT2D eigenvalue weighted by Crippen LogP contribution is -2.31. The minimum atomic E-state index is -3.52. The molecule has 0 saturated carbocycles. The first-order chi connectivity index (χ1) is 8.08. The number of aromatic nitrogens is 1. The van der Waals surface area contributed by atoms with E-state index in [0.29, 0.717) is 13.2 Å². The lowest BCUT2D eigenvalue weighted by Gasteiger charge is -2.11. The normalized spacial score (nSPS) is 20.6. The van der Waals surface area contributed by atoms with E-state index in [9.17, 15) is 8.42 Å². The summed E-state index contributed by atoms with van der Waals surface area (Å²) in [6.07, 6.45) is 3.08. The van der Waals surface area contributed by atoms with Gasteiger partial charge in [-0.2, -0.15) is 0 Å². The third-order valence-electron chi connectivity index (χ3n) is 2.54. The quantitative estimate of drug-likeness (QED) is 0.839. The molecule has 0 radical (unpaired) electrons. The van der Waals surface area contributed by atoms with E-state index in [1.807, 2.05) is 0 Å². The summed E-state index contributed by atoms with van der Waals surface area (Å²) >= 11 is 5.60. The molecule has 0 spiro atoms. The fourth-order valence-electron chi connectivity index (χ4n) is 1.61. The summed E-state index contributed by atoms with van der Waals surface area (Å²) in [4.78, 5) is 3.85. The first kappa shape index (κ1) is 12.8. The highest BCUT2D eigenvalue weighted by atomic mass is 35.5. The Bertz CT molecular complexity index is 469. The van der Waals surface area contributed by atoms with Crippen molar-refractivity contribution in [3.05, 3.63) is 23.5 Å². The average molecular weight is 277 g/mol. The molecule has 1 aromatic heterocycles. The molecule has 7 heteroatoms. The molecule has 17 heavy (non-hydrogen) atoms. The number of nitrogens with one attached hydrogen (secondary N) is 1. The van der Waals surface area contributed by atoms with Crippen LogP contribution in [-0.4, -0.2) is 32.7 Å². The Morgan fingerprint density at radius 3 is 2.94 bits per heavy atom. The van der Waals surface area contributed by atoms with Crippen LogP contribution in [0.25, 0.3) is 0 Å². The van der Waals surface area contributed by atoms with Crippen LogP contribution in [0.5, 0.6) is 0 Å². The van der Waals surface area contributed by atoms with Crippen molar-refractivity contribution in [1.29, 1.82) is 0 Å². The largest absolute Gasteiger partial charge is 0.377 e. The first-order valence-electron chi connectivity index (χ1n) is 5.31. The third-order valence-corrected chi connectivity index (χ3v) is 4.17. The summed E-state index contributed by atoms with van der Waals surface area (Å²) in [6, 6.07) is 2.87. The standard InChI is InChI=1S/C10H13ClN2O3S/c11-10-4-3-9(7-12-10)17(14,15)13-6-8-2-1-5-16-8/h3-4,7-8,13H,1-2,5-6H2/t8-/m0/s1. The van der Waals surface area contributed by atoms with Crippen LogP contribution in [0.15, 0.2) is 23.2 Å². The zero-order valence-electron chi connectivity index (χ0n) is 9.10. The summed E-state index contributed by atoms with van der Waals surface area (Å²) in [6.45, 7) is 1.000. The molecule has 1 N–H and O–H groups in total. The molecule has 0 amide bonds. The molecule has 0 aromatic carbocycles. The summed E-state index contributed by atoms with van der Waals surface area (Å²) in [5.41, 5.74) is 0. The second-order valence-electron chi connectivity index (χ2n) is 3.80. The van der Waals surface area contributed by atoms with Crippen LogP contribution in [0.2, 0.25) is 5.15 Å². The summed E-state index contributed by atoms with van der Waals surface area (Å²) in [5.74, 6) is 0. The van der Waals surface area contributed by atoms with E-state index in [2.05, 4.69) is 9.71 Å². The van der Waals surface area contributed by atoms with Crippen LogP contribution < -0.4 is 4.72 Å². The zero-order valence-corrected chi connectivity index (χ0v) is 10.7. The highest BCUT2D eigenvalue weighted by Crippen LogP contribution is 2.13. The van der Waals surface area contributed by atoms with E-state index in [-0.39, 0.29) is 16.2 Å².